The standard InChI is InChI=1S/C20H16N4O2S3/c25-17(23-20-22-13-4-1-2-6-15(13)29-20)14-5-3-8-24(14)19(26)16-10-21-18(28-16)12-7-9-27-11-12/h1-2,4,6-7,9-11,14H,3,5,8H2,(H,22,23,25). The number of amides is 2. The van der Waals surface area contributed by atoms with Gasteiger partial charge in [0.25, 0.3) is 5.91 Å². The van der Waals surface area contributed by atoms with Crippen LogP contribution in [0.15, 0.2) is 47.3 Å². The second kappa shape index (κ2) is 7.66. The van der Waals surface area contributed by atoms with Crippen molar-refractivity contribution in [1.82, 2.24) is 14.9 Å². The zero-order chi connectivity index (χ0) is 19.8. The van der Waals surface area contributed by atoms with Gasteiger partial charge in [0.1, 0.15) is 15.9 Å². The van der Waals surface area contributed by atoms with Gasteiger partial charge in [-0.15, -0.1) is 11.3 Å². The van der Waals surface area contributed by atoms with Crippen LogP contribution >= 0.6 is 34.0 Å². The van der Waals surface area contributed by atoms with E-state index >= 15 is 0 Å². The first-order chi connectivity index (χ1) is 14.2. The fraction of sp³-hybridized carbons (Fsp3) is 0.200. The molecule has 1 N–H and O–H groups in total. The summed E-state index contributed by atoms with van der Waals surface area (Å²) in [4.78, 5) is 37.0. The Kier molecular flexibility index (Phi) is 4.86. The van der Waals surface area contributed by atoms with Crippen molar-refractivity contribution >= 4 is 61.2 Å². The lowest BCUT2D eigenvalue weighted by atomic mass is 10.2. The van der Waals surface area contributed by atoms with E-state index in [2.05, 4.69) is 15.3 Å². The number of hydrogen-bond acceptors (Lipinski definition) is 7. The average Bonchev–Trinajstić information content (AvgIpc) is 3.53. The maximum absolute atomic E-state index is 13.0. The van der Waals surface area contributed by atoms with Crippen LogP contribution in [-0.4, -0.2) is 39.3 Å². The number of anilines is 1. The SMILES string of the molecule is O=C(Nc1nc2ccccc2s1)C1CCCN1C(=O)c1cnc(-c2ccsc2)s1. The molecule has 0 spiro atoms. The van der Waals surface area contributed by atoms with Crippen molar-refractivity contribution in [2.75, 3.05) is 11.9 Å². The Labute approximate surface area is 178 Å². The van der Waals surface area contributed by atoms with Gasteiger partial charge in [0.15, 0.2) is 5.13 Å². The molecule has 1 aliphatic heterocycles. The van der Waals surface area contributed by atoms with Crippen LogP contribution in [0.5, 0.6) is 0 Å². The minimum Gasteiger partial charge on any atom is -0.326 e. The first kappa shape index (κ1) is 18.4. The van der Waals surface area contributed by atoms with Gasteiger partial charge in [0, 0.05) is 17.5 Å². The topological polar surface area (TPSA) is 75.2 Å². The zero-order valence-corrected chi connectivity index (χ0v) is 17.6. The largest absolute Gasteiger partial charge is 0.326 e. The maximum atomic E-state index is 13.0. The summed E-state index contributed by atoms with van der Waals surface area (Å²) in [5.41, 5.74) is 1.88. The van der Waals surface area contributed by atoms with Crippen molar-refractivity contribution < 1.29 is 9.59 Å². The van der Waals surface area contributed by atoms with Crippen LogP contribution in [0, 0.1) is 0 Å². The molecule has 1 aliphatic rings. The lowest BCUT2D eigenvalue weighted by Gasteiger charge is -2.22. The highest BCUT2D eigenvalue weighted by Crippen LogP contribution is 2.30. The maximum Gasteiger partial charge on any atom is 0.266 e. The summed E-state index contributed by atoms with van der Waals surface area (Å²) in [6, 6.07) is 9.26. The van der Waals surface area contributed by atoms with Gasteiger partial charge < -0.3 is 10.2 Å². The lowest BCUT2D eigenvalue weighted by Crippen LogP contribution is -2.42. The summed E-state index contributed by atoms with van der Waals surface area (Å²) < 4.78 is 1.02. The van der Waals surface area contributed by atoms with E-state index in [9.17, 15) is 9.59 Å². The number of fused-ring (bicyclic) bond motifs is 1. The summed E-state index contributed by atoms with van der Waals surface area (Å²) in [6.45, 7) is 0.572. The Hall–Kier alpha value is -2.62. The Morgan fingerprint density at radius 1 is 1.17 bits per heavy atom. The number of benzene rings is 1. The van der Waals surface area contributed by atoms with E-state index in [1.165, 1.54) is 22.7 Å². The summed E-state index contributed by atoms with van der Waals surface area (Å²) in [7, 11) is 0. The van der Waals surface area contributed by atoms with E-state index in [-0.39, 0.29) is 11.8 Å². The highest BCUT2D eigenvalue weighted by molar-refractivity contribution is 7.22. The number of rotatable bonds is 4. The molecule has 3 aromatic heterocycles. The van der Waals surface area contributed by atoms with Crippen LogP contribution < -0.4 is 5.32 Å². The first-order valence-electron chi connectivity index (χ1n) is 9.15. The van der Waals surface area contributed by atoms with Crippen LogP contribution in [0.1, 0.15) is 22.5 Å². The number of thiazole rings is 2. The monoisotopic (exact) mass is 440 g/mol. The van der Waals surface area contributed by atoms with Crippen molar-refractivity contribution in [3.8, 4) is 10.6 Å². The third-order valence-corrected chi connectivity index (χ3v) is 7.49. The second-order valence-electron chi connectivity index (χ2n) is 6.67. The number of aromatic nitrogens is 2. The predicted molar refractivity (Wildman–Crippen MR) is 118 cm³/mol. The van der Waals surface area contributed by atoms with Gasteiger partial charge in [-0.3, -0.25) is 9.59 Å². The van der Waals surface area contributed by atoms with Gasteiger partial charge in [-0.2, -0.15) is 11.3 Å². The molecule has 1 unspecified atom stereocenters. The quantitative estimate of drug-likeness (QED) is 0.498. The summed E-state index contributed by atoms with van der Waals surface area (Å²) in [5.74, 6) is -0.316. The highest BCUT2D eigenvalue weighted by atomic mass is 32.1. The van der Waals surface area contributed by atoms with Gasteiger partial charge in [-0.05, 0) is 36.4 Å². The molecule has 9 heteroatoms. The van der Waals surface area contributed by atoms with Crippen LogP contribution in [0.4, 0.5) is 5.13 Å². The Morgan fingerprint density at radius 2 is 2.07 bits per heavy atom. The molecular formula is C20H16N4O2S3. The van der Waals surface area contributed by atoms with Crippen molar-refractivity contribution in [2.24, 2.45) is 0 Å². The Morgan fingerprint density at radius 3 is 2.90 bits per heavy atom. The molecular weight excluding hydrogens is 424 g/mol. The van der Waals surface area contributed by atoms with Gasteiger partial charge in [0.05, 0.1) is 16.4 Å². The number of likely N-dealkylation sites (tertiary alicyclic amines) is 1. The van der Waals surface area contributed by atoms with Crippen molar-refractivity contribution in [2.45, 2.75) is 18.9 Å². The molecule has 29 heavy (non-hydrogen) atoms. The molecule has 6 nitrogen and oxygen atoms in total. The lowest BCUT2D eigenvalue weighted by molar-refractivity contribution is -0.119. The number of carbonyl (C=O) groups excluding carboxylic acids is 2. The minimum absolute atomic E-state index is 0.133. The molecule has 2 amide bonds. The zero-order valence-electron chi connectivity index (χ0n) is 15.2. The average molecular weight is 441 g/mol. The third kappa shape index (κ3) is 3.57. The molecule has 0 saturated carbocycles. The van der Waals surface area contributed by atoms with E-state index in [1.54, 1.807) is 22.4 Å². The molecule has 1 aromatic carbocycles. The van der Waals surface area contributed by atoms with Gasteiger partial charge in [-0.25, -0.2) is 9.97 Å². The smallest absolute Gasteiger partial charge is 0.266 e. The van der Waals surface area contributed by atoms with Gasteiger partial charge in [-0.1, -0.05) is 23.5 Å². The number of para-hydroxylation sites is 1. The number of nitrogens with one attached hydrogen (secondary N) is 1. The van der Waals surface area contributed by atoms with E-state index in [0.29, 0.717) is 23.0 Å². The van der Waals surface area contributed by atoms with Crippen molar-refractivity contribution in [3.63, 3.8) is 0 Å². The first-order valence-corrected chi connectivity index (χ1v) is 11.7. The number of hydrogen-bond donors (Lipinski definition) is 1. The minimum atomic E-state index is -0.485. The molecule has 0 aliphatic carbocycles. The number of carbonyl (C=O) groups is 2. The van der Waals surface area contributed by atoms with Crippen LogP contribution in [0.3, 0.4) is 0 Å². The van der Waals surface area contributed by atoms with E-state index in [0.717, 1.165) is 27.2 Å². The van der Waals surface area contributed by atoms with E-state index in [1.807, 2.05) is 41.1 Å². The molecule has 0 radical (unpaired) electrons. The number of thiophene rings is 1. The third-order valence-electron chi connectivity index (χ3n) is 4.82. The van der Waals surface area contributed by atoms with Crippen LogP contribution in [0.2, 0.25) is 0 Å². The molecule has 1 fully saturated rings. The summed E-state index contributed by atoms with van der Waals surface area (Å²) in [6.07, 6.45) is 3.07. The fourth-order valence-corrected chi connectivity index (χ4v) is 5.88. The second-order valence-corrected chi connectivity index (χ2v) is 9.52. The molecule has 1 atom stereocenters. The molecule has 5 rings (SSSR count). The molecule has 1 saturated heterocycles. The normalized spacial score (nSPS) is 16.4. The van der Waals surface area contributed by atoms with Gasteiger partial charge in [0.2, 0.25) is 5.91 Å². The summed E-state index contributed by atoms with van der Waals surface area (Å²) >= 11 is 4.40. The Bertz CT molecular complexity index is 1150. The van der Waals surface area contributed by atoms with Gasteiger partial charge >= 0.3 is 0 Å². The van der Waals surface area contributed by atoms with E-state index in [4.69, 9.17) is 0 Å². The van der Waals surface area contributed by atoms with Crippen LogP contribution in [-0.2, 0) is 4.79 Å². The molecule has 146 valence electrons. The van der Waals surface area contributed by atoms with Crippen molar-refractivity contribution in [1.29, 1.82) is 0 Å². The Balaban J connectivity index is 1.32. The molecule has 0 bridgehead atoms. The molecule has 4 aromatic rings. The van der Waals surface area contributed by atoms with Crippen LogP contribution in [0.25, 0.3) is 20.8 Å². The highest BCUT2D eigenvalue weighted by Gasteiger charge is 2.35. The predicted octanol–water partition coefficient (Wildman–Crippen LogP) is 4.72. The molecule has 4 heterocycles. The van der Waals surface area contributed by atoms with E-state index < -0.39 is 6.04 Å². The summed E-state index contributed by atoms with van der Waals surface area (Å²) in [5, 5.41) is 8.29. The fourth-order valence-electron chi connectivity index (χ4n) is 3.43. The number of nitrogens with zero attached hydrogens (tertiary/aromatic N) is 3. The van der Waals surface area contributed by atoms with Crippen molar-refractivity contribution in [3.05, 3.63) is 52.2 Å².